The van der Waals surface area contributed by atoms with Crippen molar-refractivity contribution in [3.05, 3.63) is 29.3 Å². The van der Waals surface area contributed by atoms with E-state index in [9.17, 15) is 9.59 Å². The molecule has 6 nitrogen and oxygen atoms in total. The van der Waals surface area contributed by atoms with Crippen LogP contribution in [0.15, 0.2) is 18.2 Å². The highest BCUT2D eigenvalue weighted by atomic mass is 16.7. The average molecular weight is 253 g/mol. The summed E-state index contributed by atoms with van der Waals surface area (Å²) in [6, 6.07) is 5.66. The number of carbonyl (C=O) groups is 2. The Balaban J connectivity index is 2.38. The number of rotatable bonds is 6. The van der Waals surface area contributed by atoms with Crippen LogP contribution in [0.3, 0.4) is 0 Å². The number of carboxylic acid groups (broad SMARTS) is 1. The van der Waals surface area contributed by atoms with Crippen LogP contribution in [-0.2, 0) is 14.4 Å². The lowest BCUT2D eigenvalue weighted by Gasteiger charge is -2.09. The number of aryl methyl sites for hydroxylation is 2. The zero-order valence-electron chi connectivity index (χ0n) is 10.2. The quantitative estimate of drug-likeness (QED) is 0.733. The molecule has 0 saturated carbocycles. The standard InChI is InChI=1S/C12H15NO5/c1-8-3-4-9(2)10(5-8)17-6-11(14)13-18-7-12(15)16/h3-5H,6-7H2,1-2H3,(H,13,14)(H,15,16). The monoisotopic (exact) mass is 253 g/mol. The summed E-state index contributed by atoms with van der Waals surface area (Å²) < 4.78 is 5.30. The third-order valence-corrected chi connectivity index (χ3v) is 2.08. The molecule has 0 bridgehead atoms. The first-order valence-electron chi connectivity index (χ1n) is 5.31. The van der Waals surface area contributed by atoms with Gasteiger partial charge in [-0.1, -0.05) is 12.1 Å². The number of hydrogen-bond acceptors (Lipinski definition) is 4. The van der Waals surface area contributed by atoms with E-state index in [0.717, 1.165) is 11.1 Å². The van der Waals surface area contributed by atoms with Crippen LogP contribution < -0.4 is 10.2 Å². The Morgan fingerprint density at radius 2 is 2.00 bits per heavy atom. The molecule has 6 heteroatoms. The van der Waals surface area contributed by atoms with E-state index in [1.807, 2.05) is 37.5 Å². The number of benzene rings is 1. The summed E-state index contributed by atoms with van der Waals surface area (Å²) in [5.74, 6) is -1.09. The summed E-state index contributed by atoms with van der Waals surface area (Å²) >= 11 is 0. The number of nitrogens with one attached hydrogen (secondary N) is 1. The molecule has 1 aromatic carbocycles. The van der Waals surface area contributed by atoms with E-state index < -0.39 is 18.5 Å². The van der Waals surface area contributed by atoms with Gasteiger partial charge in [0.05, 0.1) is 0 Å². The summed E-state index contributed by atoms with van der Waals surface area (Å²) in [6.07, 6.45) is 0. The van der Waals surface area contributed by atoms with Crippen molar-refractivity contribution in [2.24, 2.45) is 0 Å². The Hall–Kier alpha value is -2.08. The van der Waals surface area contributed by atoms with Crippen molar-refractivity contribution in [1.29, 1.82) is 0 Å². The van der Waals surface area contributed by atoms with Gasteiger partial charge in [0, 0.05) is 0 Å². The van der Waals surface area contributed by atoms with Gasteiger partial charge in [-0.25, -0.2) is 10.3 Å². The predicted molar refractivity (Wildman–Crippen MR) is 63.1 cm³/mol. The first-order valence-corrected chi connectivity index (χ1v) is 5.31. The van der Waals surface area contributed by atoms with Crippen LogP contribution in [0.1, 0.15) is 11.1 Å². The summed E-state index contributed by atoms with van der Waals surface area (Å²) in [5, 5.41) is 8.29. The Labute approximate surface area is 104 Å². The zero-order valence-corrected chi connectivity index (χ0v) is 10.2. The van der Waals surface area contributed by atoms with Gasteiger partial charge in [0.25, 0.3) is 5.91 Å². The maximum atomic E-state index is 11.2. The second kappa shape index (κ2) is 6.61. The van der Waals surface area contributed by atoms with Crippen molar-refractivity contribution in [2.75, 3.05) is 13.2 Å². The molecular weight excluding hydrogens is 238 g/mol. The number of amides is 1. The number of aliphatic carboxylic acids is 1. The number of ether oxygens (including phenoxy) is 1. The summed E-state index contributed by atoms with van der Waals surface area (Å²) in [6.45, 7) is 2.97. The average Bonchev–Trinajstić information content (AvgIpc) is 2.30. The van der Waals surface area contributed by atoms with Crippen LogP contribution in [0, 0.1) is 13.8 Å². The van der Waals surface area contributed by atoms with Crippen LogP contribution >= 0.6 is 0 Å². The third-order valence-electron chi connectivity index (χ3n) is 2.08. The zero-order chi connectivity index (χ0) is 13.5. The van der Waals surface area contributed by atoms with E-state index in [4.69, 9.17) is 9.84 Å². The molecule has 0 aromatic heterocycles. The minimum absolute atomic E-state index is 0.232. The molecule has 0 saturated heterocycles. The third kappa shape index (κ3) is 4.84. The number of hydrogen-bond donors (Lipinski definition) is 2. The molecule has 1 amide bonds. The molecular formula is C12H15NO5. The number of carbonyl (C=O) groups excluding carboxylic acids is 1. The lowest BCUT2D eigenvalue weighted by molar-refractivity contribution is -0.149. The van der Waals surface area contributed by atoms with E-state index in [0.29, 0.717) is 5.75 Å². The normalized spacial score (nSPS) is 9.89. The minimum Gasteiger partial charge on any atom is -0.483 e. The van der Waals surface area contributed by atoms with E-state index in [1.54, 1.807) is 0 Å². The predicted octanol–water partition coefficient (Wildman–Crippen LogP) is 0.815. The van der Waals surface area contributed by atoms with Crippen LogP contribution in [0.5, 0.6) is 5.75 Å². The molecule has 0 atom stereocenters. The minimum atomic E-state index is -1.16. The van der Waals surface area contributed by atoms with Gasteiger partial charge in [-0.2, -0.15) is 0 Å². The lowest BCUT2D eigenvalue weighted by Crippen LogP contribution is -2.31. The van der Waals surface area contributed by atoms with E-state index >= 15 is 0 Å². The van der Waals surface area contributed by atoms with Gasteiger partial charge in [-0.05, 0) is 31.0 Å². The van der Waals surface area contributed by atoms with Crippen LogP contribution in [0.4, 0.5) is 0 Å². The van der Waals surface area contributed by atoms with Gasteiger partial charge in [-0.3, -0.25) is 9.63 Å². The molecule has 0 heterocycles. The molecule has 0 unspecified atom stereocenters. The van der Waals surface area contributed by atoms with Crippen molar-refractivity contribution < 1.29 is 24.3 Å². The number of hydroxylamine groups is 1. The molecule has 0 aliphatic carbocycles. The smallest absolute Gasteiger partial charge is 0.332 e. The molecule has 1 aromatic rings. The van der Waals surface area contributed by atoms with Gasteiger partial charge in [0.1, 0.15) is 5.75 Å². The fraction of sp³-hybridized carbons (Fsp3) is 0.333. The van der Waals surface area contributed by atoms with Gasteiger partial charge in [0.15, 0.2) is 13.2 Å². The summed E-state index contributed by atoms with van der Waals surface area (Å²) in [5.41, 5.74) is 3.92. The van der Waals surface area contributed by atoms with Crippen molar-refractivity contribution in [3.63, 3.8) is 0 Å². The molecule has 0 aliphatic heterocycles. The molecule has 0 aliphatic rings. The molecule has 0 fully saturated rings. The molecule has 2 N–H and O–H groups in total. The Kier molecular flexibility index (Phi) is 5.13. The van der Waals surface area contributed by atoms with Crippen LogP contribution in [-0.4, -0.2) is 30.2 Å². The molecule has 18 heavy (non-hydrogen) atoms. The Morgan fingerprint density at radius 3 is 2.67 bits per heavy atom. The maximum absolute atomic E-state index is 11.2. The lowest BCUT2D eigenvalue weighted by atomic mass is 10.1. The van der Waals surface area contributed by atoms with Crippen LogP contribution in [0.2, 0.25) is 0 Å². The highest BCUT2D eigenvalue weighted by Gasteiger charge is 2.06. The van der Waals surface area contributed by atoms with E-state index in [1.165, 1.54) is 0 Å². The Morgan fingerprint density at radius 1 is 1.28 bits per heavy atom. The number of carboxylic acids is 1. The fourth-order valence-corrected chi connectivity index (χ4v) is 1.21. The van der Waals surface area contributed by atoms with Crippen LogP contribution in [0.25, 0.3) is 0 Å². The molecule has 0 radical (unpaired) electrons. The largest absolute Gasteiger partial charge is 0.483 e. The maximum Gasteiger partial charge on any atom is 0.332 e. The second-order valence-corrected chi connectivity index (χ2v) is 3.77. The van der Waals surface area contributed by atoms with Crippen molar-refractivity contribution in [3.8, 4) is 5.75 Å². The van der Waals surface area contributed by atoms with E-state index in [2.05, 4.69) is 4.84 Å². The van der Waals surface area contributed by atoms with Gasteiger partial charge in [0.2, 0.25) is 0 Å². The van der Waals surface area contributed by atoms with Gasteiger partial charge in [-0.15, -0.1) is 0 Å². The molecule has 1 rings (SSSR count). The SMILES string of the molecule is Cc1ccc(C)c(OCC(=O)NOCC(=O)O)c1. The highest BCUT2D eigenvalue weighted by molar-refractivity contribution is 5.76. The van der Waals surface area contributed by atoms with Gasteiger partial charge >= 0.3 is 5.97 Å². The summed E-state index contributed by atoms with van der Waals surface area (Å²) in [7, 11) is 0. The first kappa shape index (κ1) is 14.0. The summed E-state index contributed by atoms with van der Waals surface area (Å²) in [4.78, 5) is 25.8. The van der Waals surface area contributed by atoms with E-state index in [-0.39, 0.29) is 6.61 Å². The molecule has 98 valence electrons. The fourth-order valence-electron chi connectivity index (χ4n) is 1.21. The van der Waals surface area contributed by atoms with Gasteiger partial charge < -0.3 is 9.84 Å². The first-order chi connectivity index (χ1) is 8.49. The Bertz CT molecular complexity index is 444. The highest BCUT2D eigenvalue weighted by Crippen LogP contribution is 2.18. The topological polar surface area (TPSA) is 84.9 Å². The van der Waals surface area contributed by atoms with Crippen molar-refractivity contribution in [2.45, 2.75) is 13.8 Å². The second-order valence-electron chi connectivity index (χ2n) is 3.77. The van der Waals surface area contributed by atoms with Crippen molar-refractivity contribution >= 4 is 11.9 Å². The molecule has 0 spiro atoms. The van der Waals surface area contributed by atoms with Crippen molar-refractivity contribution in [1.82, 2.24) is 5.48 Å².